The first-order chi connectivity index (χ1) is 13.7. The zero-order chi connectivity index (χ0) is 19.5. The van der Waals surface area contributed by atoms with Crippen molar-refractivity contribution in [3.63, 3.8) is 0 Å². The Balaban J connectivity index is 2.02. The van der Waals surface area contributed by atoms with Gasteiger partial charge in [-0.25, -0.2) is 4.68 Å². The second-order valence-electron chi connectivity index (χ2n) is 6.44. The van der Waals surface area contributed by atoms with Crippen LogP contribution in [-0.4, -0.2) is 21.3 Å². The first-order valence-corrected chi connectivity index (χ1v) is 9.01. The molecule has 0 spiro atoms. The SMILES string of the molecule is CC(=O)c1c(C(=O)c2ccccc2)nn(-c2ccccc2)c1-c1ccccc1. The van der Waals surface area contributed by atoms with Crippen LogP contribution in [0.3, 0.4) is 0 Å². The van der Waals surface area contributed by atoms with Crippen LogP contribution in [-0.2, 0) is 0 Å². The van der Waals surface area contributed by atoms with Crippen LogP contribution in [0.15, 0.2) is 91.0 Å². The first-order valence-electron chi connectivity index (χ1n) is 9.01. The van der Waals surface area contributed by atoms with Gasteiger partial charge in [-0.1, -0.05) is 78.9 Å². The van der Waals surface area contributed by atoms with E-state index in [-0.39, 0.29) is 17.3 Å². The van der Waals surface area contributed by atoms with Crippen molar-refractivity contribution in [2.45, 2.75) is 6.92 Å². The maximum atomic E-state index is 13.2. The molecule has 4 aromatic rings. The highest BCUT2D eigenvalue weighted by atomic mass is 16.1. The van der Waals surface area contributed by atoms with Gasteiger partial charge in [-0.15, -0.1) is 0 Å². The Kier molecular flexibility index (Phi) is 4.68. The summed E-state index contributed by atoms with van der Waals surface area (Å²) < 4.78 is 1.68. The second-order valence-corrected chi connectivity index (χ2v) is 6.44. The van der Waals surface area contributed by atoms with E-state index in [0.717, 1.165) is 11.3 Å². The van der Waals surface area contributed by atoms with Crippen molar-refractivity contribution in [1.29, 1.82) is 0 Å². The Labute approximate surface area is 163 Å². The van der Waals surface area contributed by atoms with Gasteiger partial charge in [0, 0.05) is 11.1 Å². The average molecular weight is 366 g/mol. The minimum atomic E-state index is -0.266. The molecule has 1 aromatic heterocycles. The maximum Gasteiger partial charge on any atom is 0.214 e. The molecule has 3 aromatic carbocycles. The standard InChI is InChI=1S/C24H18N2O2/c1-17(27)21-22(24(28)19-13-7-3-8-14-19)25-26(20-15-9-4-10-16-20)23(21)18-11-5-2-6-12-18/h2-16H,1H3. The fraction of sp³-hybridized carbons (Fsp3) is 0.0417. The van der Waals surface area contributed by atoms with Crippen molar-refractivity contribution in [2.24, 2.45) is 0 Å². The number of carbonyl (C=O) groups excluding carboxylic acids is 2. The summed E-state index contributed by atoms with van der Waals surface area (Å²) in [6, 6.07) is 28.0. The molecule has 0 bridgehead atoms. The number of benzene rings is 3. The molecular formula is C24H18N2O2. The van der Waals surface area contributed by atoms with E-state index in [1.54, 1.807) is 28.9 Å². The normalized spacial score (nSPS) is 10.6. The molecule has 28 heavy (non-hydrogen) atoms. The summed E-state index contributed by atoms with van der Waals surface area (Å²) in [5.74, 6) is -0.460. The summed E-state index contributed by atoms with van der Waals surface area (Å²) in [6.45, 7) is 1.47. The number of aromatic nitrogens is 2. The van der Waals surface area contributed by atoms with Crippen LogP contribution >= 0.6 is 0 Å². The van der Waals surface area contributed by atoms with Gasteiger partial charge in [0.15, 0.2) is 5.78 Å². The minimum Gasteiger partial charge on any atom is -0.294 e. The molecule has 0 unspecified atom stereocenters. The van der Waals surface area contributed by atoms with Crippen LogP contribution in [0.5, 0.6) is 0 Å². The van der Waals surface area contributed by atoms with Crippen molar-refractivity contribution >= 4 is 11.6 Å². The highest BCUT2D eigenvalue weighted by Crippen LogP contribution is 2.30. The molecule has 0 saturated heterocycles. The predicted octanol–water partition coefficient (Wildman–Crippen LogP) is 4.97. The zero-order valence-electron chi connectivity index (χ0n) is 15.4. The van der Waals surface area contributed by atoms with Gasteiger partial charge in [-0.05, 0) is 19.1 Å². The first kappa shape index (κ1) is 17.6. The summed E-state index contributed by atoms with van der Waals surface area (Å²) in [4.78, 5) is 25.8. The summed E-state index contributed by atoms with van der Waals surface area (Å²) in [6.07, 6.45) is 0. The second kappa shape index (κ2) is 7.45. The van der Waals surface area contributed by atoms with E-state index in [9.17, 15) is 9.59 Å². The van der Waals surface area contributed by atoms with E-state index < -0.39 is 0 Å². The van der Waals surface area contributed by atoms with Crippen LogP contribution in [0.1, 0.15) is 33.3 Å². The third kappa shape index (κ3) is 3.16. The van der Waals surface area contributed by atoms with Gasteiger partial charge in [0.2, 0.25) is 5.78 Å². The Morgan fingerprint density at radius 2 is 1.29 bits per heavy atom. The number of para-hydroxylation sites is 1. The summed E-state index contributed by atoms with van der Waals surface area (Å²) >= 11 is 0. The Hall–Kier alpha value is -3.79. The minimum absolute atomic E-state index is 0.168. The van der Waals surface area contributed by atoms with Gasteiger partial charge in [-0.3, -0.25) is 9.59 Å². The molecule has 4 rings (SSSR count). The lowest BCUT2D eigenvalue weighted by Crippen LogP contribution is -2.08. The lowest BCUT2D eigenvalue weighted by molar-refractivity contribution is 0.0989. The highest BCUT2D eigenvalue weighted by Gasteiger charge is 2.27. The van der Waals surface area contributed by atoms with Gasteiger partial charge in [0.1, 0.15) is 5.69 Å². The lowest BCUT2D eigenvalue weighted by Gasteiger charge is -2.09. The van der Waals surface area contributed by atoms with E-state index in [4.69, 9.17) is 0 Å². The number of Topliss-reactive ketones (excluding diaryl/α,β-unsaturated/α-hetero) is 1. The van der Waals surface area contributed by atoms with E-state index in [2.05, 4.69) is 5.10 Å². The number of ketones is 2. The molecule has 1 heterocycles. The fourth-order valence-corrected chi connectivity index (χ4v) is 3.26. The van der Waals surface area contributed by atoms with Gasteiger partial charge in [0.25, 0.3) is 0 Å². The van der Waals surface area contributed by atoms with E-state index in [1.807, 2.05) is 66.7 Å². The van der Waals surface area contributed by atoms with Crippen LogP contribution in [0.25, 0.3) is 16.9 Å². The quantitative estimate of drug-likeness (QED) is 0.469. The molecule has 0 aliphatic carbocycles. The third-order valence-corrected chi connectivity index (χ3v) is 4.54. The number of nitrogens with zero attached hydrogens (tertiary/aromatic N) is 2. The molecule has 4 heteroatoms. The van der Waals surface area contributed by atoms with Gasteiger partial charge in [-0.2, -0.15) is 5.10 Å². The molecule has 0 saturated carbocycles. The Morgan fingerprint density at radius 1 is 0.750 bits per heavy atom. The topological polar surface area (TPSA) is 52.0 Å². The summed E-state index contributed by atoms with van der Waals surface area (Å²) in [7, 11) is 0. The largest absolute Gasteiger partial charge is 0.294 e. The molecule has 0 amide bonds. The molecule has 0 atom stereocenters. The molecule has 0 fully saturated rings. The number of hydrogen-bond acceptors (Lipinski definition) is 3. The van der Waals surface area contributed by atoms with Crippen molar-refractivity contribution in [2.75, 3.05) is 0 Å². The number of carbonyl (C=O) groups is 2. The smallest absolute Gasteiger partial charge is 0.214 e. The van der Waals surface area contributed by atoms with Crippen LogP contribution < -0.4 is 0 Å². The van der Waals surface area contributed by atoms with Gasteiger partial charge in [0.05, 0.1) is 16.9 Å². The molecule has 0 aliphatic heterocycles. The molecule has 136 valence electrons. The van der Waals surface area contributed by atoms with Gasteiger partial charge >= 0.3 is 0 Å². The molecule has 0 radical (unpaired) electrons. The van der Waals surface area contributed by atoms with E-state index >= 15 is 0 Å². The van der Waals surface area contributed by atoms with Crippen molar-refractivity contribution in [3.05, 3.63) is 108 Å². The van der Waals surface area contributed by atoms with Gasteiger partial charge < -0.3 is 0 Å². The fourth-order valence-electron chi connectivity index (χ4n) is 3.26. The van der Waals surface area contributed by atoms with Crippen molar-refractivity contribution in [1.82, 2.24) is 9.78 Å². The molecule has 0 N–H and O–H groups in total. The molecule has 4 nitrogen and oxygen atoms in total. The average Bonchev–Trinajstić information content (AvgIpc) is 3.16. The van der Waals surface area contributed by atoms with Crippen molar-refractivity contribution < 1.29 is 9.59 Å². The van der Waals surface area contributed by atoms with Crippen LogP contribution in [0.2, 0.25) is 0 Å². The van der Waals surface area contributed by atoms with Crippen LogP contribution in [0.4, 0.5) is 0 Å². The zero-order valence-corrected chi connectivity index (χ0v) is 15.4. The third-order valence-electron chi connectivity index (χ3n) is 4.54. The molecular weight excluding hydrogens is 348 g/mol. The highest BCUT2D eigenvalue weighted by molar-refractivity contribution is 6.16. The monoisotopic (exact) mass is 366 g/mol. The van der Waals surface area contributed by atoms with Crippen LogP contribution in [0, 0.1) is 0 Å². The lowest BCUT2D eigenvalue weighted by atomic mass is 9.98. The van der Waals surface area contributed by atoms with E-state index in [0.29, 0.717) is 16.8 Å². The molecule has 0 aliphatic rings. The Bertz CT molecular complexity index is 1130. The number of hydrogen-bond donors (Lipinski definition) is 0. The van der Waals surface area contributed by atoms with E-state index in [1.165, 1.54) is 6.92 Å². The number of rotatable bonds is 5. The predicted molar refractivity (Wildman–Crippen MR) is 109 cm³/mol. The Morgan fingerprint density at radius 3 is 1.86 bits per heavy atom. The summed E-state index contributed by atoms with van der Waals surface area (Å²) in [5, 5.41) is 4.60. The summed E-state index contributed by atoms with van der Waals surface area (Å²) in [5.41, 5.74) is 3.25. The van der Waals surface area contributed by atoms with Crippen molar-refractivity contribution in [3.8, 4) is 16.9 Å². The maximum absolute atomic E-state index is 13.2.